The van der Waals surface area contributed by atoms with E-state index in [1.807, 2.05) is 0 Å². The highest BCUT2D eigenvalue weighted by molar-refractivity contribution is 5.38. The topological polar surface area (TPSA) is 84.2 Å². The molecule has 2 heterocycles. The lowest BCUT2D eigenvalue weighted by molar-refractivity contribution is -0.274. The molecule has 0 fully saturated rings. The van der Waals surface area contributed by atoms with Crippen molar-refractivity contribution in [2.45, 2.75) is 19.6 Å². The molecule has 1 aromatic carbocycles. The van der Waals surface area contributed by atoms with Gasteiger partial charge in [-0.2, -0.15) is 4.98 Å². The molecule has 142 valence electrons. The van der Waals surface area contributed by atoms with E-state index in [9.17, 15) is 13.2 Å². The molecule has 0 spiro atoms. The van der Waals surface area contributed by atoms with E-state index in [0.717, 1.165) is 0 Å². The number of nitrogens with zero attached hydrogens (tertiary/aromatic N) is 5. The van der Waals surface area contributed by atoms with Gasteiger partial charge in [-0.1, -0.05) is 11.3 Å². The summed E-state index contributed by atoms with van der Waals surface area (Å²) in [7, 11) is 1.55. The molecule has 0 N–H and O–H groups in total. The number of hydrogen-bond acceptors (Lipinski definition) is 7. The average molecular weight is 381 g/mol. The van der Waals surface area contributed by atoms with Gasteiger partial charge in [0.25, 0.3) is 0 Å². The van der Waals surface area contributed by atoms with Crippen LogP contribution in [0.2, 0.25) is 0 Å². The lowest BCUT2D eigenvalue weighted by atomic mass is 10.3. The third kappa shape index (κ3) is 5.38. The molecule has 0 amide bonds. The van der Waals surface area contributed by atoms with Gasteiger partial charge in [0.1, 0.15) is 18.1 Å². The van der Waals surface area contributed by atoms with Crippen LogP contribution in [0.3, 0.4) is 0 Å². The van der Waals surface area contributed by atoms with Crippen molar-refractivity contribution in [3.8, 4) is 17.4 Å². The van der Waals surface area contributed by atoms with Gasteiger partial charge in [0, 0.05) is 19.4 Å². The van der Waals surface area contributed by atoms with Crippen LogP contribution in [0.1, 0.15) is 11.4 Å². The van der Waals surface area contributed by atoms with Crippen LogP contribution < -0.4 is 9.47 Å². The van der Waals surface area contributed by atoms with Crippen LogP contribution in [0, 0.1) is 0 Å². The number of hydrogen-bond donors (Lipinski definition) is 0. The molecule has 27 heavy (non-hydrogen) atoms. The molecule has 0 aliphatic heterocycles. The Morgan fingerprint density at radius 2 is 1.96 bits per heavy atom. The van der Waals surface area contributed by atoms with Crippen LogP contribution >= 0.6 is 0 Å². The molecule has 11 heteroatoms. The summed E-state index contributed by atoms with van der Waals surface area (Å²) in [6.07, 6.45) is -1.71. The fraction of sp³-hybridized carbons (Fsp3) is 0.250. The van der Waals surface area contributed by atoms with Gasteiger partial charge in [0.05, 0.1) is 24.2 Å². The van der Waals surface area contributed by atoms with Gasteiger partial charge in [-0.3, -0.25) is 0 Å². The van der Waals surface area contributed by atoms with Gasteiger partial charge in [-0.25, -0.2) is 9.67 Å². The minimum atomic E-state index is -4.77. The van der Waals surface area contributed by atoms with E-state index >= 15 is 0 Å². The Bertz CT molecular complexity index is 901. The van der Waals surface area contributed by atoms with Crippen molar-refractivity contribution in [2.24, 2.45) is 0 Å². The lowest BCUT2D eigenvalue weighted by Gasteiger charge is -2.09. The van der Waals surface area contributed by atoms with E-state index in [2.05, 4.69) is 25.0 Å². The highest BCUT2D eigenvalue weighted by atomic mass is 19.4. The van der Waals surface area contributed by atoms with Crippen LogP contribution in [0.15, 0.2) is 42.7 Å². The van der Waals surface area contributed by atoms with Gasteiger partial charge in [0.15, 0.2) is 0 Å². The zero-order chi connectivity index (χ0) is 19.3. The van der Waals surface area contributed by atoms with E-state index < -0.39 is 6.36 Å². The zero-order valence-electron chi connectivity index (χ0n) is 14.1. The van der Waals surface area contributed by atoms with Gasteiger partial charge in [0.2, 0.25) is 0 Å². The van der Waals surface area contributed by atoms with Crippen LogP contribution in [0.25, 0.3) is 5.69 Å². The van der Waals surface area contributed by atoms with Crippen molar-refractivity contribution in [3.05, 3.63) is 54.1 Å². The highest BCUT2D eigenvalue weighted by Crippen LogP contribution is 2.24. The fourth-order valence-corrected chi connectivity index (χ4v) is 2.13. The number of halogens is 3. The van der Waals surface area contributed by atoms with Gasteiger partial charge < -0.3 is 14.2 Å². The maximum absolute atomic E-state index is 12.3. The third-order valence-corrected chi connectivity index (χ3v) is 3.19. The Morgan fingerprint density at radius 1 is 1.11 bits per heavy atom. The Hall–Kier alpha value is -3.21. The first-order valence-corrected chi connectivity index (χ1v) is 7.64. The van der Waals surface area contributed by atoms with Crippen LogP contribution in [-0.4, -0.2) is 38.4 Å². The Balaban J connectivity index is 1.66. The Kier molecular flexibility index (Phi) is 5.50. The molecule has 8 nitrogen and oxygen atoms in total. The van der Waals surface area contributed by atoms with Crippen molar-refractivity contribution < 1.29 is 27.4 Å². The first-order chi connectivity index (χ1) is 12.9. The van der Waals surface area contributed by atoms with Gasteiger partial charge >= 0.3 is 12.4 Å². The van der Waals surface area contributed by atoms with E-state index in [1.165, 1.54) is 29.1 Å². The molecule has 0 unspecified atom stereocenters. The van der Waals surface area contributed by atoms with Crippen molar-refractivity contribution in [1.29, 1.82) is 0 Å². The maximum Gasteiger partial charge on any atom is 0.573 e. The molecule has 0 aliphatic carbocycles. The standard InChI is InChI=1S/C16H14F3N5O3/c1-25-9-11-5-6-20-15(21-11)26-10-12-8-24(23-22-12)13-3-2-4-14(7-13)27-16(17,18)19/h2-8H,9-10H2,1H3. The molecule has 3 aromatic rings. The lowest BCUT2D eigenvalue weighted by Crippen LogP contribution is -2.17. The molecule has 0 bridgehead atoms. The van der Waals surface area contributed by atoms with Crippen LogP contribution in [0.5, 0.6) is 11.8 Å². The number of aromatic nitrogens is 5. The molecule has 0 radical (unpaired) electrons. The molecule has 3 rings (SSSR count). The summed E-state index contributed by atoms with van der Waals surface area (Å²) in [6, 6.07) is 7.23. The summed E-state index contributed by atoms with van der Waals surface area (Å²) < 4.78 is 52.6. The smallest absolute Gasteiger partial charge is 0.457 e. The molecule has 0 saturated heterocycles. The summed E-state index contributed by atoms with van der Waals surface area (Å²) >= 11 is 0. The molecule has 0 saturated carbocycles. The zero-order valence-corrected chi connectivity index (χ0v) is 14.1. The SMILES string of the molecule is COCc1ccnc(OCc2cn(-c3cccc(OC(F)(F)F)c3)nn2)n1. The first kappa shape index (κ1) is 18.6. The highest BCUT2D eigenvalue weighted by Gasteiger charge is 2.31. The number of ether oxygens (including phenoxy) is 3. The predicted octanol–water partition coefficient (Wildman–Crippen LogP) is 2.68. The largest absolute Gasteiger partial charge is 0.573 e. The molecule has 2 aromatic heterocycles. The molecular weight excluding hydrogens is 367 g/mol. The van der Waals surface area contributed by atoms with E-state index in [0.29, 0.717) is 23.7 Å². The Morgan fingerprint density at radius 3 is 2.74 bits per heavy atom. The number of alkyl halides is 3. The summed E-state index contributed by atoms with van der Waals surface area (Å²) in [5, 5.41) is 7.79. The van der Waals surface area contributed by atoms with Crippen molar-refractivity contribution in [2.75, 3.05) is 7.11 Å². The maximum atomic E-state index is 12.3. The third-order valence-electron chi connectivity index (χ3n) is 3.19. The van der Waals surface area contributed by atoms with Gasteiger partial charge in [-0.05, 0) is 18.2 Å². The van der Waals surface area contributed by atoms with Crippen LogP contribution in [-0.2, 0) is 18.0 Å². The number of methoxy groups -OCH3 is 1. The van der Waals surface area contributed by atoms with E-state index in [-0.39, 0.29) is 18.4 Å². The molecule has 0 atom stereocenters. The predicted molar refractivity (Wildman–Crippen MR) is 85.1 cm³/mol. The summed E-state index contributed by atoms with van der Waals surface area (Å²) in [6.45, 7) is 0.362. The first-order valence-electron chi connectivity index (χ1n) is 7.64. The van der Waals surface area contributed by atoms with Crippen molar-refractivity contribution in [1.82, 2.24) is 25.0 Å². The second-order valence-corrected chi connectivity index (χ2v) is 5.25. The van der Waals surface area contributed by atoms with E-state index in [1.54, 1.807) is 25.4 Å². The number of benzene rings is 1. The summed E-state index contributed by atoms with van der Waals surface area (Å²) in [5.74, 6) is -0.350. The molecule has 0 aliphatic rings. The fourth-order valence-electron chi connectivity index (χ4n) is 2.13. The minimum Gasteiger partial charge on any atom is -0.457 e. The minimum absolute atomic E-state index is 0.0369. The number of rotatable bonds is 7. The quantitative estimate of drug-likeness (QED) is 0.622. The van der Waals surface area contributed by atoms with Gasteiger partial charge in [-0.15, -0.1) is 18.3 Å². The summed E-state index contributed by atoms with van der Waals surface area (Å²) in [5.41, 5.74) is 1.46. The van der Waals surface area contributed by atoms with Crippen molar-refractivity contribution >= 4 is 0 Å². The monoisotopic (exact) mass is 381 g/mol. The Labute approximate surface area is 151 Å². The average Bonchev–Trinajstić information content (AvgIpc) is 3.08. The van der Waals surface area contributed by atoms with Crippen LogP contribution in [0.4, 0.5) is 13.2 Å². The normalized spacial score (nSPS) is 11.4. The molecular formula is C16H14F3N5O3. The summed E-state index contributed by atoms with van der Waals surface area (Å²) in [4.78, 5) is 8.13. The second-order valence-electron chi connectivity index (χ2n) is 5.25. The van der Waals surface area contributed by atoms with Crippen molar-refractivity contribution in [3.63, 3.8) is 0 Å². The van der Waals surface area contributed by atoms with E-state index in [4.69, 9.17) is 9.47 Å². The second kappa shape index (κ2) is 7.99.